The number of nitrogens with zero attached hydrogens (tertiary/aromatic N) is 1. The van der Waals surface area contributed by atoms with Crippen LogP contribution in [0.1, 0.15) is 25.0 Å². The van der Waals surface area contributed by atoms with Crippen molar-refractivity contribution in [3.8, 4) is 11.8 Å². The van der Waals surface area contributed by atoms with E-state index in [1.165, 1.54) is 13.1 Å². The minimum atomic E-state index is -3.63. The van der Waals surface area contributed by atoms with Crippen LogP contribution in [0.4, 0.5) is 0 Å². The molecule has 0 aliphatic heterocycles. The number of nitrogens with two attached hydrogens (primary N) is 1. The summed E-state index contributed by atoms with van der Waals surface area (Å²) < 4.78 is 26.0. The minimum absolute atomic E-state index is 0.0170. The van der Waals surface area contributed by atoms with Crippen molar-refractivity contribution in [3.63, 3.8) is 0 Å². The maximum Gasteiger partial charge on any atom is 0.242 e. The number of hydrogen-bond donors (Lipinski definition) is 2. The van der Waals surface area contributed by atoms with Gasteiger partial charge in [0.1, 0.15) is 0 Å². The minimum Gasteiger partial charge on any atom is -0.389 e. The number of benzene rings is 1. The quantitative estimate of drug-likeness (QED) is 0.802. The van der Waals surface area contributed by atoms with Gasteiger partial charge in [-0.1, -0.05) is 11.8 Å². The Labute approximate surface area is 126 Å². The second kappa shape index (κ2) is 6.58. The Bertz CT molecular complexity index is 664. The third-order valence-corrected chi connectivity index (χ3v) is 4.64. The van der Waals surface area contributed by atoms with Crippen molar-refractivity contribution in [2.24, 2.45) is 5.73 Å². The lowest BCUT2D eigenvalue weighted by molar-refractivity contribution is 0.0640. The SMILES string of the molecule is Cc1cc(S(=O)(=O)N(C)CC(C)(C)O)ccc1C#CCN. The van der Waals surface area contributed by atoms with E-state index >= 15 is 0 Å². The second-order valence-electron chi connectivity index (χ2n) is 5.56. The van der Waals surface area contributed by atoms with Crippen LogP contribution in [0.15, 0.2) is 23.1 Å². The zero-order valence-electron chi connectivity index (χ0n) is 12.8. The van der Waals surface area contributed by atoms with E-state index in [1.54, 1.807) is 32.9 Å². The van der Waals surface area contributed by atoms with Gasteiger partial charge in [-0.15, -0.1) is 0 Å². The van der Waals surface area contributed by atoms with Crippen molar-refractivity contribution < 1.29 is 13.5 Å². The lowest BCUT2D eigenvalue weighted by atomic mass is 10.1. The fraction of sp³-hybridized carbons (Fsp3) is 0.467. The van der Waals surface area contributed by atoms with Gasteiger partial charge < -0.3 is 10.8 Å². The molecule has 0 unspecified atom stereocenters. The fourth-order valence-electron chi connectivity index (χ4n) is 1.89. The summed E-state index contributed by atoms with van der Waals surface area (Å²) in [6.45, 7) is 5.21. The first-order valence-electron chi connectivity index (χ1n) is 6.56. The van der Waals surface area contributed by atoms with Gasteiger partial charge in [0.05, 0.1) is 17.0 Å². The van der Waals surface area contributed by atoms with Crippen molar-refractivity contribution in [1.29, 1.82) is 0 Å². The molecule has 0 heterocycles. The van der Waals surface area contributed by atoms with Gasteiger partial charge in [0, 0.05) is 19.2 Å². The molecule has 0 spiro atoms. The molecule has 6 heteroatoms. The first kappa shape index (κ1) is 17.7. The second-order valence-corrected chi connectivity index (χ2v) is 7.60. The van der Waals surface area contributed by atoms with Gasteiger partial charge >= 0.3 is 0 Å². The molecule has 0 aliphatic rings. The average Bonchev–Trinajstić information content (AvgIpc) is 2.35. The molecule has 116 valence electrons. The van der Waals surface area contributed by atoms with Crippen molar-refractivity contribution >= 4 is 10.0 Å². The number of aliphatic hydroxyl groups is 1. The topological polar surface area (TPSA) is 83.6 Å². The van der Waals surface area contributed by atoms with Crippen LogP contribution < -0.4 is 5.73 Å². The third-order valence-electron chi connectivity index (χ3n) is 2.84. The molecule has 21 heavy (non-hydrogen) atoms. The third kappa shape index (κ3) is 4.83. The van der Waals surface area contributed by atoms with Gasteiger partial charge in [0.25, 0.3) is 0 Å². The number of hydrogen-bond acceptors (Lipinski definition) is 4. The van der Waals surface area contributed by atoms with E-state index in [2.05, 4.69) is 11.8 Å². The summed E-state index contributed by atoms with van der Waals surface area (Å²) in [5, 5.41) is 9.76. The standard InChI is InChI=1S/C15H22N2O3S/c1-12-10-14(8-7-13(12)6-5-9-16)21(19,20)17(4)11-15(2,3)18/h7-8,10,18H,9,11,16H2,1-4H3. The normalized spacial score (nSPS) is 12.1. The molecule has 0 atom stereocenters. The van der Waals surface area contributed by atoms with E-state index in [1.807, 2.05) is 0 Å². The maximum absolute atomic E-state index is 12.4. The van der Waals surface area contributed by atoms with E-state index < -0.39 is 15.6 Å². The summed E-state index contributed by atoms with van der Waals surface area (Å²) in [5.74, 6) is 5.64. The lowest BCUT2D eigenvalue weighted by Crippen LogP contribution is -2.39. The maximum atomic E-state index is 12.4. The summed E-state index contributed by atoms with van der Waals surface area (Å²) in [7, 11) is -2.18. The number of aryl methyl sites for hydroxylation is 1. The smallest absolute Gasteiger partial charge is 0.242 e. The van der Waals surface area contributed by atoms with E-state index in [9.17, 15) is 13.5 Å². The average molecular weight is 310 g/mol. The first-order chi connectivity index (χ1) is 9.58. The highest BCUT2D eigenvalue weighted by molar-refractivity contribution is 7.89. The molecule has 0 bridgehead atoms. The first-order valence-corrected chi connectivity index (χ1v) is 8.00. The van der Waals surface area contributed by atoms with Gasteiger partial charge in [-0.25, -0.2) is 8.42 Å². The van der Waals surface area contributed by atoms with Crippen LogP contribution in [0.5, 0.6) is 0 Å². The van der Waals surface area contributed by atoms with Crippen LogP contribution in [-0.4, -0.2) is 43.6 Å². The number of sulfonamides is 1. The lowest BCUT2D eigenvalue weighted by Gasteiger charge is -2.25. The molecule has 0 aliphatic carbocycles. The fourth-order valence-corrected chi connectivity index (χ4v) is 3.30. The van der Waals surface area contributed by atoms with E-state index in [4.69, 9.17) is 5.73 Å². The van der Waals surface area contributed by atoms with Gasteiger partial charge in [-0.3, -0.25) is 0 Å². The van der Waals surface area contributed by atoms with Gasteiger partial charge in [-0.05, 0) is 44.5 Å². The highest BCUT2D eigenvalue weighted by Crippen LogP contribution is 2.19. The van der Waals surface area contributed by atoms with E-state index in [0.29, 0.717) is 0 Å². The Morgan fingerprint density at radius 3 is 2.48 bits per heavy atom. The Hall–Kier alpha value is -1.39. The summed E-state index contributed by atoms with van der Waals surface area (Å²) >= 11 is 0. The van der Waals surface area contributed by atoms with E-state index in [-0.39, 0.29) is 18.0 Å². The van der Waals surface area contributed by atoms with E-state index in [0.717, 1.165) is 15.4 Å². The van der Waals surface area contributed by atoms with Gasteiger partial charge in [0.2, 0.25) is 10.0 Å². The molecule has 0 amide bonds. The van der Waals surface area contributed by atoms with Crippen LogP contribution in [-0.2, 0) is 10.0 Å². The summed E-state index contributed by atoms with van der Waals surface area (Å²) in [6, 6.07) is 4.77. The van der Waals surface area contributed by atoms with Crippen molar-refractivity contribution in [2.45, 2.75) is 31.3 Å². The van der Waals surface area contributed by atoms with Crippen LogP contribution in [0.3, 0.4) is 0 Å². The Balaban J connectivity index is 3.13. The number of likely N-dealkylation sites (N-methyl/N-ethyl adjacent to an activating group) is 1. The molecule has 1 rings (SSSR count). The molecule has 5 nitrogen and oxygen atoms in total. The Morgan fingerprint density at radius 1 is 1.38 bits per heavy atom. The summed E-state index contributed by atoms with van der Waals surface area (Å²) in [6.07, 6.45) is 0. The zero-order valence-corrected chi connectivity index (χ0v) is 13.7. The van der Waals surface area contributed by atoms with Crippen LogP contribution >= 0.6 is 0 Å². The summed E-state index contributed by atoms with van der Waals surface area (Å²) in [5.41, 5.74) is 5.76. The van der Waals surface area contributed by atoms with Crippen molar-refractivity contribution in [3.05, 3.63) is 29.3 Å². The molecule has 0 fully saturated rings. The molecule has 1 aromatic rings. The molecule has 1 aromatic carbocycles. The van der Waals surface area contributed by atoms with Gasteiger partial charge in [0.15, 0.2) is 0 Å². The molecular weight excluding hydrogens is 288 g/mol. The predicted molar refractivity (Wildman–Crippen MR) is 83.2 cm³/mol. The Kier molecular flexibility index (Phi) is 5.54. The monoisotopic (exact) mass is 310 g/mol. The number of rotatable bonds is 4. The van der Waals surface area contributed by atoms with Crippen LogP contribution in [0.25, 0.3) is 0 Å². The zero-order chi connectivity index (χ0) is 16.3. The van der Waals surface area contributed by atoms with Crippen LogP contribution in [0, 0.1) is 18.8 Å². The molecular formula is C15H22N2O3S. The summed E-state index contributed by atoms with van der Waals surface area (Å²) in [4.78, 5) is 0.185. The van der Waals surface area contributed by atoms with Crippen molar-refractivity contribution in [2.75, 3.05) is 20.1 Å². The molecule has 0 saturated carbocycles. The molecule has 0 radical (unpaired) electrons. The molecule has 0 aromatic heterocycles. The Morgan fingerprint density at radius 2 is 2.00 bits per heavy atom. The highest BCUT2D eigenvalue weighted by Gasteiger charge is 2.26. The van der Waals surface area contributed by atoms with Crippen molar-refractivity contribution in [1.82, 2.24) is 4.31 Å². The highest BCUT2D eigenvalue weighted by atomic mass is 32.2. The predicted octanol–water partition coefficient (Wildman–Crippen LogP) is 0.697. The van der Waals surface area contributed by atoms with Gasteiger partial charge in [-0.2, -0.15) is 4.31 Å². The molecule has 3 N–H and O–H groups in total. The molecule has 0 saturated heterocycles. The van der Waals surface area contributed by atoms with Crippen LogP contribution in [0.2, 0.25) is 0 Å². The largest absolute Gasteiger partial charge is 0.389 e.